The minimum Gasteiger partial charge on any atom is -0.497 e. The van der Waals surface area contributed by atoms with Crippen molar-refractivity contribution in [1.29, 1.82) is 0 Å². The first-order valence-electron chi connectivity index (χ1n) is 10.4. The number of aromatic nitrogens is 2. The first-order chi connectivity index (χ1) is 15.4. The van der Waals surface area contributed by atoms with Crippen LogP contribution in [0.3, 0.4) is 0 Å². The molecule has 4 nitrogen and oxygen atoms in total. The van der Waals surface area contributed by atoms with Crippen molar-refractivity contribution in [2.24, 2.45) is 0 Å². The van der Waals surface area contributed by atoms with Crippen molar-refractivity contribution in [1.82, 2.24) is 9.97 Å². The van der Waals surface area contributed by atoms with Gasteiger partial charge in [-0.1, -0.05) is 27.7 Å². The summed E-state index contributed by atoms with van der Waals surface area (Å²) in [4.78, 5) is 8.67. The van der Waals surface area contributed by atoms with Crippen LogP contribution >= 0.6 is 0 Å². The number of nitrogens with zero attached hydrogens (tertiary/aromatic N) is 2. The van der Waals surface area contributed by atoms with E-state index in [4.69, 9.17) is 9.47 Å². The average molecular weight is 620 g/mol. The average Bonchev–Trinajstić information content (AvgIpc) is 2.79. The molecular weight excluding hydrogens is 591 g/mol. The van der Waals surface area contributed by atoms with E-state index in [-0.39, 0.29) is 21.1 Å². The van der Waals surface area contributed by atoms with E-state index >= 15 is 0 Å². The molecule has 0 spiro atoms. The van der Waals surface area contributed by atoms with E-state index in [0.29, 0.717) is 0 Å². The maximum absolute atomic E-state index is 5.19. The molecule has 4 aromatic rings. The molecule has 0 saturated carbocycles. The molecule has 0 aliphatic rings. The van der Waals surface area contributed by atoms with Crippen molar-refractivity contribution in [3.63, 3.8) is 0 Å². The summed E-state index contributed by atoms with van der Waals surface area (Å²) in [7, 11) is 3.32. The van der Waals surface area contributed by atoms with Gasteiger partial charge in [-0.3, -0.25) is 0 Å². The molecule has 0 aliphatic carbocycles. The van der Waals surface area contributed by atoms with E-state index in [1.807, 2.05) is 36.4 Å². The number of hydrogen-bond donors (Lipinski definition) is 0. The third kappa shape index (κ3) is 7.00. The van der Waals surface area contributed by atoms with Crippen molar-refractivity contribution in [3.8, 4) is 34.0 Å². The van der Waals surface area contributed by atoms with Crippen LogP contribution in [-0.2, 0) is 21.1 Å². The van der Waals surface area contributed by atoms with Crippen molar-refractivity contribution in [2.45, 2.75) is 27.7 Å². The van der Waals surface area contributed by atoms with Gasteiger partial charge in [-0.2, -0.15) is 0 Å². The van der Waals surface area contributed by atoms with Crippen LogP contribution in [0, 0.1) is 39.8 Å². The third-order valence-corrected chi connectivity index (χ3v) is 5.01. The van der Waals surface area contributed by atoms with Gasteiger partial charge in [0.05, 0.1) is 14.2 Å². The van der Waals surface area contributed by atoms with Gasteiger partial charge in [-0.25, -0.2) is 0 Å². The summed E-state index contributed by atoms with van der Waals surface area (Å²) in [5, 5.41) is 0. The molecule has 0 saturated heterocycles. The predicted octanol–water partition coefficient (Wildman–Crippen LogP) is 6.35. The molecule has 0 atom stereocenters. The molecular formula is C28H28N2O2Pt. The van der Waals surface area contributed by atoms with Crippen LogP contribution in [0.5, 0.6) is 11.5 Å². The molecule has 4 rings (SSSR count). The topological polar surface area (TPSA) is 44.2 Å². The molecule has 2 heterocycles. The molecule has 0 N–H and O–H groups in total. The number of aryl methyl sites for hydroxylation is 4. The molecule has 2 aromatic carbocycles. The Morgan fingerprint density at radius 3 is 1.36 bits per heavy atom. The molecule has 0 fully saturated rings. The number of hydrogen-bond acceptors (Lipinski definition) is 4. The first-order valence-corrected chi connectivity index (χ1v) is 10.4. The Kier molecular flexibility index (Phi) is 9.81. The molecule has 5 heteroatoms. The van der Waals surface area contributed by atoms with Crippen molar-refractivity contribution in [3.05, 3.63) is 95.3 Å². The number of ether oxygens (including phenoxy) is 2. The normalized spacial score (nSPS) is 9.88. The van der Waals surface area contributed by atoms with E-state index in [1.54, 1.807) is 26.6 Å². The van der Waals surface area contributed by atoms with E-state index in [1.165, 1.54) is 22.3 Å². The quantitative estimate of drug-likeness (QED) is 0.250. The van der Waals surface area contributed by atoms with Gasteiger partial charge in [0.2, 0.25) is 0 Å². The van der Waals surface area contributed by atoms with Crippen LogP contribution in [0.15, 0.2) is 60.9 Å². The van der Waals surface area contributed by atoms with E-state index < -0.39 is 0 Å². The van der Waals surface area contributed by atoms with E-state index in [2.05, 4.69) is 61.9 Å². The SMILES string of the molecule is COc1ccnc(-c2[c-]cc(C)cc2C)c1.COc1ccnc(-c2[c-]cc(C)cc2C)c1.[Pt+2]. The second kappa shape index (κ2) is 12.3. The predicted molar refractivity (Wildman–Crippen MR) is 129 cm³/mol. The maximum Gasteiger partial charge on any atom is 2.00 e. The molecule has 0 unspecified atom stereocenters. The molecule has 0 aliphatic heterocycles. The molecule has 33 heavy (non-hydrogen) atoms. The third-order valence-electron chi connectivity index (χ3n) is 5.01. The van der Waals surface area contributed by atoms with Gasteiger partial charge in [0, 0.05) is 12.4 Å². The Morgan fingerprint density at radius 2 is 1.03 bits per heavy atom. The second-order valence-electron chi connectivity index (χ2n) is 7.63. The largest absolute Gasteiger partial charge is 2.00 e. The first kappa shape index (κ1) is 26.3. The summed E-state index contributed by atoms with van der Waals surface area (Å²) >= 11 is 0. The minimum atomic E-state index is 0. The van der Waals surface area contributed by atoms with Gasteiger partial charge in [-0.15, -0.1) is 69.8 Å². The van der Waals surface area contributed by atoms with Gasteiger partial charge < -0.3 is 19.4 Å². The van der Waals surface area contributed by atoms with Crippen LogP contribution in [0.1, 0.15) is 22.3 Å². The monoisotopic (exact) mass is 619 g/mol. The van der Waals surface area contributed by atoms with Gasteiger partial charge in [0.15, 0.2) is 0 Å². The zero-order chi connectivity index (χ0) is 23.1. The fourth-order valence-electron chi connectivity index (χ4n) is 3.41. The smallest absolute Gasteiger partial charge is 0.497 e. The van der Waals surface area contributed by atoms with Crippen LogP contribution in [0.2, 0.25) is 0 Å². The second-order valence-corrected chi connectivity index (χ2v) is 7.63. The number of benzene rings is 2. The standard InChI is InChI=1S/2C14H14NO.Pt/c2*1-10-4-5-13(11(2)8-10)14-9-12(16-3)6-7-15-14;/h2*4,6-9H,1-3H3;/q2*-1;+2. The molecule has 0 bridgehead atoms. The van der Waals surface area contributed by atoms with Crippen LogP contribution < -0.4 is 9.47 Å². The number of rotatable bonds is 4. The van der Waals surface area contributed by atoms with Crippen molar-refractivity contribution < 1.29 is 30.5 Å². The van der Waals surface area contributed by atoms with Crippen LogP contribution in [-0.4, -0.2) is 24.2 Å². The Hall–Kier alpha value is -2.97. The fraction of sp³-hybridized carbons (Fsp3) is 0.214. The Morgan fingerprint density at radius 1 is 0.636 bits per heavy atom. The summed E-state index contributed by atoms with van der Waals surface area (Å²) in [5.41, 5.74) is 8.65. The summed E-state index contributed by atoms with van der Waals surface area (Å²) in [6.07, 6.45) is 3.50. The molecule has 0 radical (unpaired) electrons. The summed E-state index contributed by atoms with van der Waals surface area (Å²) < 4.78 is 10.4. The van der Waals surface area contributed by atoms with Gasteiger partial charge >= 0.3 is 21.1 Å². The van der Waals surface area contributed by atoms with Gasteiger partial charge in [0.25, 0.3) is 0 Å². The summed E-state index contributed by atoms with van der Waals surface area (Å²) in [6, 6.07) is 22.3. The summed E-state index contributed by atoms with van der Waals surface area (Å²) in [6.45, 7) is 8.26. The fourth-order valence-corrected chi connectivity index (χ4v) is 3.41. The summed E-state index contributed by atoms with van der Waals surface area (Å²) in [5.74, 6) is 1.64. The number of pyridine rings is 2. The molecule has 2 aromatic heterocycles. The number of methoxy groups -OCH3 is 2. The van der Waals surface area contributed by atoms with Crippen molar-refractivity contribution >= 4 is 0 Å². The Labute approximate surface area is 211 Å². The van der Waals surface area contributed by atoms with Gasteiger partial charge in [0.1, 0.15) is 11.5 Å². The molecule has 172 valence electrons. The zero-order valence-electron chi connectivity index (χ0n) is 19.8. The van der Waals surface area contributed by atoms with Crippen LogP contribution in [0.25, 0.3) is 22.5 Å². The van der Waals surface area contributed by atoms with E-state index in [9.17, 15) is 0 Å². The van der Waals surface area contributed by atoms with Crippen molar-refractivity contribution in [2.75, 3.05) is 14.2 Å². The minimum absolute atomic E-state index is 0. The Bertz CT molecular complexity index is 1110. The zero-order valence-corrected chi connectivity index (χ0v) is 22.1. The van der Waals surface area contributed by atoms with E-state index in [0.717, 1.165) is 34.0 Å². The van der Waals surface area contributed by atoms with Gasteiger partial charge in [-0.05, 0) is 35.7 Å². The van der Waals surface area contributed by atoms with Crippen LogP contribution in [0.4, 0.5) is 0 Å². The maximum atomic E-state index is 5.19. The molecule has 0 amide bonds. The Balaban J connectivity index is 0.000000227.